The molecule has 3 aromatic rings. The van der Waals surface area contributed by atoms with Crippen molar-refractivity contribution in [3.05, 3.63) is 53.1 Å². The smallest absolute Gasteiger partial charge is 0.258 e. The van der Waals surface area contributed by atoms with Gasteiger partial charge in [-0.05, 0) is 32.0 Å². The number of benzene rings is 2. The van der Waals surface area contributed by atoms with E-state index >= 15 is 0 Å². The molecule has 2 heterocycles. The van der Waals surface area contributed by atoms with Crippen molar-refractivity contribution in [3.63, 3.8) is 0 Å². The molecule has 7 heteroatoms. The lowest BCUT2D eigenvalue weighted by Gasteiger charge is -2.12. The summed E-state index contributed by atoms with van der Waals surface area (Å²) < 4.78 is 25.2. The number of aromatic nitrogens is 2. The summed E-state index contributed by atoms with van der Waals surface area (Å²) in [6.07, 6.45) is 0.795. The maximum absolute atomic E-state index is 14.0. The summed E-state index contributed by atoms with van der Waals surface area (Å²) in [6.45, 7) is 4.74. The van der Waals surface area contributed by atoms with Crippen LogP contribution in [0.25, 0.3) is 11.0 Å². The van der Waals surface area contributed by atoms with E-state index in [2.05, 4.69) is 15.3 Å². The molecule has 2 aromatic carbocycles. The molecule has 0 fully saturated rings. The van der Waals surface area contributed by atoms with E-state index in [1.54, 1.807) is 32.0 Å². The van der Waals surface area contributed by atoms with Gasteiger partial charge in [-0.3, -0.25) is 4.79 Å². The Morgan fingerprint density at radius 3 is 2.59 bits per heavy atom. The molecule has 0 unspecified atom stereocenters. The number of aryl methyl sites for hydroxylation is 2. The Hall–Kier alpha value is -3.22. The average molecular weight is 367 g/mol. The van der Waals surface area contributed by atoms with Crippen molar-refractivity contribution in [2.75, 3.05) is 18.5 Å². The first-order valence-electron chi connectivity index (χ1n) is 8.67. The van der Waals surface area contributed by atoms with Crippen LogP contribution in [0.5, 0.6) is 11.5 Å². The number of amides is 1. The predicted molar refractivity (Wildman–Crippen MR) is 99.0 cm³/mol. The van der Waals surface area contributed by atoms with Crippen molar-refractivity contribution < 1.29 is 18.7 Å². The second kappa shape index (κ2) is 6.83. The van der Waals surface area contributed by atoms with Crippen LogP contribution in [0.15, 0.2) is 30.3 Å². The Bertz CT molecular complexity index is 1050. The number of ether oxygens (including phenoxy) is 2. The van der Waals surface area contributed by atoms with Crippen molar-refractivity contribution in [1.29, 1.82) is 0 Å². The highest BCUT2D eigenvalue weighted by Crippen LogP contribution is 2.32. The maximum atomic E-state index is 14.0. The molecule has 1 amide bonds. The quantitative estimate of drug-likeness (QED) is 0.746. The van der Waals surface area contributed by atoms with E-state index in [-0.39, 0.29) is 5.56 Å². The fourth-order valence-corrected chi connectivity index (χ4v) is 2.91. The van der Waals surface area contributed by atoms with Crippen molar-refractivity contribution in [2.24, 2.45) is 0 Å². The molecular weight excluding hydrogens is 349 g/mol. The summed E-state index contributed by atoms with van der Waals surface area (Å²) in [6, 6.07) is 7.60. The number of carbonyl (C=O) groups excluding carboxylic acids is 1. The van der Waals surface area contributed by atoms with Crippen molar-refractivity contribution in [3.8, 4) is 11.5 Å². The number of carbonyl (C=O) groups is 1. The highest BCUT2D eigenvalue weighted by atomic mass is 19.1. The Balaban J connectivity index is 1.69. The first-order valence-corrected chi connectivity index (χ1v) is 8.67. The van der Waals surface area contributed by atoms with Gasteiger partial charge in [0, 0.05) is 24.2 Å². The van der Waals surface area contributed by atoms with E-state index in [4.69, 9.17) is 9.47 Å². The fourth-order valence-electron chi connectivity index (χ4n) is 2.91. The van der Waals surface area contributed by atoms with Gasteiger partial charge in [-0.1, -0.05) is 0 Å². The van der Waals surface area contributed by atoms with Gasteiger partial charge >= 0.3 is 0 Å². The normalized spacial score (nSPS) is 13.3. The summed E-state index contributed by atoms with van der Waals surface area (Å²) >= 11 is 0. The van der Waals surface area contributed by atoms with Crippen LogP contribution in [0, 0.1) is 19.7 Å². The van der Waals surface area contributed by atoms with E-state index < -0.39 is 11.7 Å². The van der Waals surface area contributed by atoms with Gasteiger partial charge in [0.15, 0.2) is 11.5 Å². The minimum Gasteiger partial charge on any atom is -0.490 e. The van der Waals surface area contributed by atoms with E-state index in [1.165, 1.54) is 12.1 Å². The minimum atomic E-state index is -0.538. The summed E-state index contributed by atoms with van der Waals surface area (Å²) in [5, 5.41) is 2.77. The Morgan fingerprint density at radius 1 is 1.04 bits per heavy atom. The molecule has 27 heavy (non-hydrogen) atoms. The monoisotopic (exact) mass is 367 g/mol. The third-order valence-corrected chi connectivity index (χ3v) is 4.40. The molecule has 6 nitrogen and oxygen atoms in total. The van der Waals surface area contributed by atoms with Gasteiger partial charge in [-0.15, -0.1) is 0 Å². The lowest BCUT2D eigenvalue weighted by atomic mass is 10.1. The molecule has 0 saturated carbocycles. The maximum Gasteiger partial charge on any atom is 0.258 e. The molecule has 1 aliphatic heterocycles. The number of halogens is 1. The molecule has 1 N–H and O–H groups in total. The van der Waals surface area contributed by atoms with Gasteiger partial charge < -0.3 is 14.8 Å². The molecule has 0 saturated heterocycles. The first-order chi connectivity index (χ1) is 13.0. The van der Waals surface area contributed by atoms with Gasteiger partial charge in [0.05, 0.1) is 35.7 Å². The number of hydrogen-bond donors (Lipinski definition) is 1. The van der Waals surface area contributed by atoms with Crippen LogP contribution in [0.1, 0.15) is 28.2 Å². The van der Waals surface area contributed by atoms with E-state index in [0.29, 0.717) is 52.8 Å². The number of nitrogens with zero attached hydrogens (tertiary/aromatic N) is 2. The average Bonchev–Trinajstić information content (AvgIpc) is 2.87. The molecule has 1 aliphatic rings. The topological polar surface area (TPSA) is 73.3 Å². The predicted octanol–water partition coefficient (Wildman–Crippen LogP) is 3.80. The summed E-state index contributed by atoms with van der Waals surface area (Å²) in [7, 11) is 0. The fraction of sp³-hybridized carbons (Fsp3) is 0.250. The number of fused-ring (bicyclic) bond motifs is 2. The third-order valence-electron chi connectivity index (χ3n) is 4.40. The van der Waals surface area contributed by atoms with Crippen LogP contribution < -0.4 is 14.8 Å². The summed E-state index contributed by atoms with van der Waals surface area (Å²) in [5.41, 5.74) is 2.76. The van der Waals surface area contributed by atoms with E-state index in [0.717, 1.165) is 6.42 Å². The molecule has 4 rings (SSSR count). The van der Waals surface area contributed by atoms with Crippen LogP contribution in [0.4, 0.5) is 10.1 Å². The third kappa shape index (κ3) is 3.40. The largest absolute Gasteiger partial charge is 0.490 e. The lowest BCUT2D eigenvalue weighted by Crippen LogP contribution is -2.14. The zero-order chi connectivity index (χ0) is 19.0. The molecule has 138 valence electrons. The summed E-state index contributed by atoms with van der Waals surface area (Å²) in [4.78, 5) is 21.6. The zero-order valence-corrected chi connectivity index (χ0v) is 15.0. The Morgan fingerprint density at radius 2 is 1.78 bits per heavy atom. The number of rotatable bonds is 2. The van der Waals surface area contributed by atoms with Crippen LogP contribution in [0.3, 0.4) is 0 Å². The molecule has 1 aromatic heterocycles. The molecule has 0 spiro atoms. The number of anilines is 1. The second-order valence-electron chi connectivity index (χ2n) is 6.38. The van der Waals surface area contributed by atoms with Crippen molar-refractivity contribution in [2.45, 2.75) is 20.3 Å². The highest BCUT2D eigenvalue weighted by Gasteiger charge is 2.17. The molecule has 0 atom stereocenters. The molecular formula is C20H18FN3O3. The Labute approximate surface area is 155 Å². The summed E-state index contributed by atoms with van der Waals surface area (Å²) in [5.74, 6) is 0.203. The van der Waals surface area contributed by atoms with Gasteiger partial charge in [0.25, 0.3) is 5.91 Å². The minimum absolute atomic E-state index is 0.132. The standard InChI is InChI=1S/C20H18FN3O3/c1-11-12(2)23-19-15(8-13(21)9-16(19)22-11)20(25)24-14-4-5-17-18(10-14)27-7-3-6-26-17/h4-5,8-10H,3,6-7H2,1-2H3,(H,24,25). The molecule has 0 aliphatic carbocycles. The lowest BCUT2D eigenvalue weighted by molar-refractivity contribution is 0.102. The second-order valence-corrected chi connectivity index (χ2v) is 6.38. The van der Waals surface area contributed by atoms with Crippen LogP contribution in [-0.4, -0.2) is 29.1 Å². The van der Waals surface area contributed by atoms with Crippen molar-refractivity contribution >= 4 is 22.6 Å². The van der Waals surface area contributed by atoms with Crippen LogP contribution >= 0.6 is 0 Å². The molecule has 0 bridgehead atoms. The van der Waals surface area contributed by atoms with Crippen LogP contribution in [0.2, 0.25) is 0 Å². The van der Waals surface area contributed by atoms with Gasteiger partial charge in [0.1, 0.15) is 11.3 Å². The Kier molecular flexibility index (Phi) is 4.35. The molecule has 0 radical (unpaired) electrons. The first kappa shape index (κ1) is 17.2. The van der Waals surface area contributed by atoms with Crippen molar-refractivity contribution in [1.82, 2.24) is 9.97 Å². The van der Waals surface area contributed by atoms with Gasteiger partial charge in [-0.2, -0.15) is 0 Å². The number of hydrogen-bond acceptors (Lipinski definition) is 5. The van der Waals surface area contributed by atoms with Gasteiger partial charge in [-0.25, -0.2) is 14.4 Å². The van der Waals surface area contributed by atoms with E-state index in [9.17, 15) is 9.18 Å². The highest BCUT2D eigenvalue weighted by molar-refractivity contribution is 6.11. The SMILES string of the molecule is Cc1nc2cc(F)cc(C(=O)Nc3ccc4c(c3)OCCCO4)c2nc1C. The zero-order valence-electron chi connectivity index (χ0n) is 15.0. The number of nitrogens with one attached hydrogen (secondary N) is 1. The van der Waals surface area contributed by atoms with Gasteiger partial charge in [0.2, 0.25) is 0 Å². The van der Waals surface area contributed by atoms with Crippen LogP contribution in [-0.2, 0) is 0 Å². The van der Waals surface area contributed by atoms with E-state index in [1.807, 2.05) is 0 Å².